The molecule has 2 atom stereocenters. The zero-order chi connectivity index (χ0) is 16.6. The first-order chi connectivity index (χ1) is 11.7. The van der Waals surface area contributed by atoms with E-state index in [1.165, 1.54) is 0 Å². The van der Waals surface area contributed by atoms with Crippen LogP contribution >= 0.6 is 0 Å². The number of amides is 1. The van der Waals surface area contributed by atoms with Gasteiger partial charge in [0.05, 0.1) is 13.7 Å². The van der Waals surface area contributed by atoms with Gasteiger partial charge in [-0.3, -0.25) is 4.79 Å². The zero-order valence-corrected chi connectivity index (χ0v) is 13.6. The summed E-state index contributed by atoms with van der Waals surface area (Å²) in [4.78, 5) is 15.1. The molecule has 24 heavy (non-hydrogen) atoms. The highest BCUT2D eigenvalue weighted by atomic mass is 16.5. The number of carbonyl (C=O) groups is 1. The molecule has 1 fully saturated rings. The number of ether oxygens (including phenoxy) is 1. The van der Waals surface area contributed by atoms with Gasteiger partial charge in [-0.15, -0.1) is 0 Å². The molecule has 2 heterocycles. The van der Waals surface area contributed by atoms with Crippen molar-refractivity contribution in [2.45, 2.75) is 12.1 Å². The fourth-order valence-electron chi connectivity index (χ4n) is 3.66. The Morgan fingerprint density at radius 1 is 1.17 bits per heavy atom. The summed E-state index contributed by atoms with van der Waals surface area (Å²) in [5, 5.41) is 8.61. The first-order valence-electron chi connectivity index (χ1n) is 8.10. The Labute approximate surface area is 141 Å². The first kappa shape index (κ1) is 14.9. The van der Waals surface area contributed by atoms with Crippen LogP contribution in [-0.2, 0) is 16.9 Å². The molecule has 1 saturated heterocycles. The third-order valence-electron chi connectivity index (χ3n) is 4.92. The maximum absolute atomic E-state index is 13.2. The predicted molar refractivity (Wildman–Crippen MR) is 89.7 cm³/mol. The van der Waals surface area contributed by atoms with Crippen molar-refractivity contribution >= 4 is 5.91 Å². The first-order valence-corrected chi connectivity index (χ1v) is 8.10. The van der Waals surface area contributed by atoms with Gasteiger partial charge in [0.2, 0.25) is 0 Å². The highest BCUT2D eigenvalue weighted by molar-refractivity contribution is 5.91. The summed E-state index contributed by atoms with van der Waals surface area (Å²) < 4.78 is 5.19. The molecular formula is C19H19N3O2. The highest BCUT2D eigenvalue weighted by Gasteiger charge is 2.58. The monoisotopic (exact) mass is 321 g/mol. The Hall–Kier alpha value is -2.69. The SMILES string of the molecule is COc1ccc(CN2C[C@@H]3CN=N[C@]3(c3ccccc3)C2=O)cc1. The minimum absolute atomic E-state index is 0.0516. The van der Waals surface area contributed by atoms with Crippen LogP contribution in [0.5, 0.6) is 5.75 Å². The molecule has 0 aromatic heterocycles. The van der Waals surface area contributed by atoms with Gasteiger partial charge in [-0.2, -0.15) is 10.2 Å². The quantitative estimate of drug-likeness (QED) is 0.869. The summed E-state index contributed by atoms with van der Waals surface area (Å²) in [6.45, 7) is 1.88. The van der Waals surface area contributed by atoms with Crippen molar-refractivity contribution in [1.82, 2.24) is 4.90 Å². The number of fused-ring (bicyclic) bond motifs is 1. The maximum Gasteiger partial charge on any atom is 0.257 e. The Morgan fingerprint density at radius 2 is 1.92 bits per heavy atom. The number of methoxy groups -OCH3 is 1. The lowest BCUT2D eigenvalue weighted by molar-refractivity contribution is -0.133. The minimum Gasteiger partial charge on any atom is -0.497 e. The van der Waals surface area contributed by atoms with Crippen LogP contribution in [0.25, 0.3) is 0 Å². The summed E-state index contributed by atoms with van der Waals surface area (Å²) >= 11 is 0. The largest absolute Gasteiger partial charge is 0.497 e. The van der Waals surface area contributed by atoms with Crippen LogP contribution in [0, 0.1) is 5.92 Å². The van der Waals surface area contributed by atoms with E-state index in [1.807, 2.05) is 59.5 Å². The molecule has 5 heteroatoms. The van der Waals surface area contributed by atoms with Gasteiger partial charge in [0.25, 0.3) is 5.91 Å². The normalized spacial score (nSPS) is 25.1. The molecule has 0 aliphatic carbocycles. The molecule has 2 aromatic carbocycles. The van der Waals surface area contributed by atoms with Crippen molar-refractivity contribution in [3.05, 3.63) is 65.7 Å². The Bertz CT molecular complexity index is 773. The van der Waals surface area contributed by atoms with Gasteiger partial charge in [-0.05, 0) is 23.3 Å². The van der Waals surface area contributed by atoms with Crippen LogP contribution in [0.4, 0.5) is 0 Å². The number of hydrogen-bond acceptors (Lipinski definition) is 4. The van der Waals surface area contributed by atoms with E-state index in [2.05, 4.69) is 10.2 Å². The van der Waals surface area contributed by atoms with E-state index < -0.39 is 5.54 Å². The van der Waals surface area contributed by atoms with E-state index in [1.54, 1.807) is 7.11 Å². The van der Waals surface area contributed by atoms with Crippen molar-refractivity contribution in [3.63, 3.8) is 0 Å². The maximum atomic E-state index is 13.2. The molecule has 0 saturated carbocycles. The van der Waals surface area contributed by atoms with Crippen LogP contribution in [0.1, 0.15) is 11.1 Å². The van der Waals surface area contributed by atoms with Gasteiger partial charge in [-0.25, -0.2) is 0 Å². The second-order valence-electron chi connectivity index (χ2n) is 6.29. The molecule has 4 rings (SSSR count). The van der Waals surface area contributed by atoms with Gasteiger partial charge < -0.3 is 9.64 Å². The van der Waals surface area contributed by atoms with Crippen molar-refractivity contribution in [3.8, 4) is 5.75 Å². The van der Waals surface area contributed by atoms with Crippen LogP contribution in [-0.4, -0.2) is 31.0 Å². The third kappa shape index (κ3) is 2.19. The van der Waals surface area contributed by atoms with Crippen molar-refractivity contribution < 1.29 is 9.53 Å². The predicted octanol–water partition coefficient (Wildman–Crippen LogP) is 3.01. The molecule has 0 bridgehead atoms. The average molecular weight is 321 g/mol. The molecular weight excluding hydrogens is 302 g/mol. The summed E-state index contributed by atoms with van der Waals surface area (Å²) in [6.07, 6.45) is 0. The lowest BCUT2D eigenvalue weighted by Crippen LogP contribution is -2.37. The van der Waals surface area contributed by atoms with Crippen LogP contribution < -0.4 is 4.74 Å². The van der Waals surface area contributed by atoms with E-state index in [9.17, 15) is 4.79 Å². The second kappa shape index (κ2) is 5.74. The van der Waals surface area contributed by atoms with Crippen molar-refractivity contribution in [2.75, 3.05) is 20.2 Å². The number of nitrogens with zero attached hydrogens (tertiary/aromatic N) is 3. The standard InChI is InChI=1S/C19H19N3O2/c1-24-17-9-7-14(8-10-17)12-22-13-16-11-20-21-19(16,18(22)23)15-5-3-2-4-6-15/h2-10,16H,11-13H2,1H3/t16-,19-/m0/s1. The van der Waals surface area contributed by atoms with E-state index in [4.69, 9.17) is 4.74 Å². The van der Waals surface area contributed by atoms with Crippen LogP contribution in [0.15, 0.2) is 64.8 Å². The average Bonchev–Trinajstić information content (AvgIpc) is 3.16. The number of hydrogen-bond donors (Lipinski definition) is 0. The van der Waals surface area contributed by atoms with Gasteiger partial charge in [0.1, 0.15) is 5.75 Å². The van der Waals surface area contributed by atoms with E-state index in [-0.39, 0.29) is 11.8 Å². The highest BCUT2D eigenvalue weighted by Crippen LogP contribution is 2.45. The lowest BCUT2D eigenvalue weighted by Gasteiger charge is -2.23. The van der Waals surface area contributed by atoms with Gasteiger partial charge in [-0.1, -0.05) is 42.5 Å². The molecule has 122 valence electrons. The molecule has 0 unspecified atom stereocenters. The molecule has 0 radical (unpaired) electrons. The van der Waals surface area contributed by atoms with Crippen molar-refractivity contribution in [1.29, 1.82) is 0 Å². The van der Waals surface area contributed by atoms with Crippen LogP contribution in [0.2, 0.25) is 0 Å². The Kier molecular flexibility index (Phi) is 3.56. The Balaban J connectivity index is 1.61. The number of azo groups is 1. The third-order valence-corrected chi connectivity index (χ3v) is 4.92. The fraction of sp³-hybridized carbons (Fsp3) is 0.316. The molecule has 0 spiro atoms. The summed E-state index contributed by atoms with van der Waals surface area (Å²) in [6, 6.07) is 17.7. The van der Waals surface area contributed by atoms with Crippen LogP contribution in [0.3, 0.4) is 0 Å². The number of carbonyl (C=O) groups excluding carboxylic acids is 1. The number of benzene rings is 2. The zero-order valence-electron chi connectivity index (χ0n) is 13.6. The summed E-state index contributed by atoms with van der Waals surface area (Å²) in [7, 11) is 1.65. The molecule has 5 nitrogen and oxygen atoms in total. The lowest BCUT2D eigenvalue weighted by atomic mass is 9.82. The van der Waals surface area contributed by atoms with Gasteiger partial charge in [0.15, 0.2) is 5.54 Å². The molecule has 1 amide bonds. The van der Waals surface area contributed by atoms with Crippen molar-refractivity contribution in [2.24, 2.45) is 16.1 Å². The fourth-order valence-corrected chi connectivity index (χ4v) is 3.66. The minimum atomic E-state index is -0.826. The van der Waals surface area contributed by atoms with E-state index in [0.717, 1.165) is 16.9 Å². The summed E-state index contributed by atoms with van der Waals surface area (Å²) in [5.74, 6) is 0.986. The second-order valence-corrected chi connectivity index (χ2v) is 6.29. The number of rotatable bonds is 4. The molecule has 0 N–H and O–H groups in total. The van der Waals surface area contributed by atoms with Gasteiger partial charge in [0, 0.05) is 19.0 Å². The van der Waals surface area contributed by atoms with Gasteiger partial charge >= 0.3 is 0 Å². The molecule has 2 aromatic rings. The molecule has 2 aliphatic rings. The summed E-state index contributed by atoms with van der Waals surface area (Å²) in [5.41, 5.74) is 1.20. The smallest absolute Gasteiger partial charge is 0.257 e. The van der Waals surface area contributed by atoms with E-state index >= 15 is 0 Å². The van der Waals surface area contributed by atoms with E-state index in [0.29, 0.717) is 19.6 Å². The molecule has 2 aliphatic heterocycles. The number of likely N-dealkylation sites (tertiary alicyclic amines) is 1. The Morgan fingerprint density at radius 3 is 2.62 bits per heavy atom. The topological polar surface area (TPSA) is 54.3 Å².